The summed E-state index contributed by atoms with van der Waals surface area (Å²) in [6.45, 7) is 2.66. The molecule has 2 heterocycles. The molecule has 0 bridgehead atoms. The number of aryl methyl sites for hydroxylation is 2. The summed E-state index contributed by atoms with van der Waals surface area (Å²) in [5.74, 6) is 0.0300. The van der Waals surface area contributed by atoms with Gasteiger partial charge in [-0.05, 0) is 30.9 Å². The minimum Gasteiger partial charge on any atom is -0.354 e. The van der Waals surface area contributed by atoms with Crippen LogP contribution < -0.4 is 5.32 Å². The molecule has 0 aliphatic carbocycles. The molecule has 0 radical (unpaired) electrons. The maximum Gasteiger partial charge on any atom is 0.244 e. The van der Waals surface area contributed by atoms with Crippen molar-refractivity contribution >= 4 is 5.91 Å². The first kappa shape index (κ1) is 14.3. The highest BCUT2D eigenvalue weighted by molar-refractivity contribution is 5.80. The Morgan fingerprint density at radius 1 is 1.45 bits per heavy atom. The van der Waals surface area contributed by atoms with Gasteiger partial charge in [-0.2, -0.15) is 10.2 Å². The maximum atomic E-state index is 12.1. The molecule has 0 saturated carbocycles. The van der Waals surface area contributed by atoms with Gasteiger partial charge in [0.1, 0.15) is 6.04 Å². The molecule has 1 amide bonds. The Kier molecular flexibility index (Phi) is 4.92. The zero-order valence-electron chi connectivity index (χ0n) is 12.0. The van der Waals surface area contributed by atoms with Crippen molar-refractivity contribution in [2.75, 3.05) is 6.54 Å². The predicted molar refractivity (Wildman–Crippen MR) is 76.1 cm³/mol. The number of carbonyl (C=O) groups is 1. The van der Waals surface area contributed by atoms with E-state index in [1.807, 2.05) is 38.6 Å². The van der Waals surface area contributed by atoms with Crippen LogP contribution in [0.3, 0.4) is 0 Å². The Balaban J connectivity index is 1.74. The quantitative estimate of drug-likeness (QED) is 0.775. The summed E-state index contributed by atoms with van der Waals surface area (Å²) in [6.07, 6.45) is 9.94. The molecule has 0 saturated heterocycles. The van der Waals surface area contributed by atoms with Crippen LogP contribution >= 0.6 is 0 Å². The van der Waals surface area contributed by atoms with Crippen LogP contribution in [0.1, 0.15) is 31.4 Å². The molecule has 0 aliphatic rings. The summed E-state index contributed by atoms with van der Waals surface area (Å²) >= 11 is 0. The monoisotopic (exact) mass is 275 g/mol. The minimum absolute atomic E-state index is 0.0300. The molecule has 2 aromatic heterocycles. The molecular formula is C14H21N5O. The van der Waals surface area contributed by atoms with Crippen LogP contribution in [0.4, 0.5) is 0 Å². The van der Waals surface area contributed by atoms with E-state index < -0.39 is 0 Å². The van der Waals surface area contributed by atoms with Crippen molar-refractivity contribution in [3.8, 4) is 0 Å². The summed E-state index contributed by atoms with van der Waals surface area (Å²) < 4.78 is 3.50. The summed E-state index contributed by atoms with van der Waals surface area (Å²) in [7, 11) is 1.90. The van der Waals surface area contributed by atoms with E-state index in [-0.39, 0.29) is 11.9 Å². The van der Waals surface area contributed by atoms with Crippen molar-refractivity contribution in [3.05, 3.63) is 36.4 Å². The second kappa shape index (κ2) is 6.88. The van der Waals surface area contributed by atoms with Gasteiger partial charge in [-0.1, -0.05) is 6.92 Å². The van der Waals surface area contributed by atoms with Gasteiger partial charge in [-0.25, -0.2) is 0 Å². The van der Waals surface area contributed by atoms with E-state index in [4.69, 9.17) is 0 Å². The highest BCUT2D eigenvalue weighted by Gasteiger charge is 2.17. The first-order valence-electron chi connectivity index (χ1n) is 6.95. The largest absolute Gasteiger partial charge is 0.354 e. The summed E-state index contributed by atoms with van der Waals surface area (Å²) in [4.78, 5) is 12.1. The van der Waals surface area contributed by atoms with Gasteiger partial charge in [0.15, 0.2) is 0 Å². The Morgan fingerprint density at radius 2 is 2.30 bits per heavy atom. The third kappa shape index (κ3) is 3.69. The van der Waals surface area contributed by atoms with Crippen molar-refractivity contribution in [1.29, 1.82) is 0 Å². The van der Waals surface area contributed by atoms with Gasteiger partial charge in [-0.15, -0.1) is 0 Å². The fraction of sp³-hybridized carbons (Fsp3) is 0.500. The standard InChI is InChI=1S/C14H21N5O/c1-3-13(19-9-5-8-16-19)14(20)15-7-4-6-12-10-17-18(2)11-12/h5,8-11,13H,3-4,6-7H2,1-2H3,(H,15,20)/t13-/m1/s1. The highest BCUT2D eigenvalue weighted by atomic mass is 16.2. The number of nitrogens with zero attached hydrogens (tertiary/aromatic N) is 4. The second-order valence-corrected chi connectivity index (χ2v) is 4.83. The number of carbonyl (C=O) groups excluding carboxylic acids is 1. The maximum absolute atomic E-state index is 12.1. The van der Waals surface area contributed by atoms with Crippen LogP contribution in [0.5, 0.6) is 0 Å². The van der Waals surface area contributed by atoms with E-state index in [9.17, 15) is 4.79 Å². The lowest BCUT2D eigenvalue weighted by atomic mass is 10.2. The molecular weight excluding hydrogens is 254 g/mol. The number of rotatable bonds is 7. The molecule has 0 fully saturated rings. The SMILES string of the molecule is CC[C@H](C(=O)NCCCc1cnn(C)c1)n1cccn1. The van der Waals surface area contributed by atoms with Crippen molar-refractivity contribution in [2.24, 2.45) is 7.05 Å². The average molecular weight is 275 g/mol. The molecule has 0 unspecified atom stereocenters. The molecule has 0 aliphatic heterocycles. The lowest BCUT2D eigenvalue weighted by Crippen LogP contribution is -2.33. The molecule has 1 N–H and O–H groups in total. The fourth-order valence-electron chi connectivity index (χ4n) is 2.18. The van der Waals surface area contributed by atoms with E-state index >= 15 is 0 Å². The Hall–Kier alpha value is -2.11. The Bertz CT molecular complexity index is 532. The molecule has 6 nitrogen and oxygen atoms in total. The molecule has 2 aromatic rings. The van der Waals surface area contributed by atoms with E-state index in [2.05, 4.69) is 15.5 Å². The molecule has 108 valence electrons. The van der Waals surface area contributed by atoms with Crippen LogP contribution in [-0.4, -0.2) is 32.0 Å². The molecule has 0 spiro atoms. The van der Waals surface area contributed by atoms with Crippen LogP contribution in [0.2, 0.25) is 0 Å². The van der Waals surface area contributed by atoms with Gasteiger partial charge in [-0.3, -0.25) is 14.2 Å². The van der Waals surface area contributed by atoms with Gasteiger partial charge >= 0.3 is 0 Å². The first-order chi connectivity index (χ1) is 9.70. The summed E-state index contributed by atoms with van der Waals surface area (Å²) in [5, 5.41) is 11.2. The number of amides is 1. The van der Waals surface area contributed by atoms with Crippen LogP contribution in [0, 0.1) is 0 Å². The lowest BCUT2D eigenvalue weighted by molar-refractivity contribution is -0.124. The average Bonchev–Trinajstić information content (AvgIpc) is 3.08. The predicted octanol–water partition coefficient (Wildman–Crippen LogP) is 1.32. The smallest absolute Gasteiger partial charge is 0.244 e. The van der Waals surface area contributed by atoms with Gasteiger partial charge in [0.25, 0.3) is 0 Å². The van der Waals surface area contributed by atoms with Gasteiger partial charge < -0.3 is 5.32 Å². The van der Waals surface area contributed by atoms with E-state index in [0.29, 0.717) is 6.54 Å². The fourth-order valence-corrected chi connectivity index (χ4v) is 2.18. The van der Waals surface area contributed by atoms with Crippen molar-refractivity contribution in [3.63, 3.8) is 0 Å². The molecule has 6 heteroatoms. The van der Waals surface area contributed by atoms with Gasteiger partial charge in [0.05, 0.1) is 6.20 Å². The van der Waals surface area contributed by atoms with Crippen molar-refractivity contribution < 1.29 is 4.79 Å². The number of hydrogen-bond donors (Lipinski definition) is 1. The van der Waals surface area contributed by atoms with Crippen LogP contribution in [0.15, 0.2) is 30.9 Å². The van der Waals surface area contributed by atoms with Crippen molar-refractivity contribution in [1.82, 2.24) is 24.9 Å². The number of hydrogen-bond acceptors (Lipinski definition) is 3. The molecule has 1 atom stereocenters. The third-order valence-corrected chi connectivity index (χ3v) is 3.23. The molecule has 20 heavy (non-hydrogen) atoms. The number of nitrogens with one attached hydrogen (secondary N) is 1. The minimum atomic E-state index is -0.219. The van der Waals surface area contributed by atoms with Crippen LogP contribution in [-0.2, 0) is 18.3 Å². The van der Waals surface area contributed by atoms with Crippen molar-refractivity contribution in [2.45, 2.75) is 32.2 Å². The van der Waals surface area contributed by atoms with Crippen LogP contribution in [0.25, 0.3) is 0 Å². The molecule has 2 rings (SSSR count). The highest BCUT2D eigenvalue weighted by Crippen LogP contribution is 2.09. The molecule has 0 aromatic carbocycles. The topological polar surface area (TPSA) is 64.7 Å². The zero-order valence-corrected chi connectivity index (χ0v) is 12.0. The van der Waals surface area contributed by atoms with E-state index in [1.54, 1.807) is 15.6 Å². The van der Waals surface area contributed by atoms with E-state index in [1.165, 1.54) is 5.56 Å². The summed E-state index contributed by atoms with van der Waals surface area (Å²) in [6, 6.07) is 1.61. The second-order valence-electron chi connectivity index (χ2n) is 4.83. The van der Waals surface area contributed by atoms with Gasteiger partial charge in [0.2, 0.25) is 5.91 Å². The number of aromatic nitrogens is 4. The third-order valence-electron chi connectivity index (χ3n) is 3.23. The normalized spacial score (nSPS) is 12.3. The van der Waals surface area contributed by atoms with Gasteiger partial charge in [0, 0.05) is 32.2 Å². The first-order valence-corrected chi connectivity index (χ1v) is 6.95. The van der Waals surface area contributed by atoms with E-state index in [0.717, 1.165) is 19.3 Å². The lowest BCUT2D eigenvalue weighted by Gasteiger charge is -2.15. The summed E-state index contributed by atoms with van der Waals surface area (Å²) in [5.41, 5.74) is 1.20. The zero-order chi connectivity index (χ0) is 14.4. The Morgan fingerprint density at radius 3 is 2.90 bits per heavy atom. The Labute approximate surface area is 118 Å².